The number of anilines is 1. The standard InChI is InChI=1S/C28H34F3N7O4/c1-14(2)38(12-21-23(39)24(40)27(41-21)37-8-7-18-25(32)33-13-34-26(18)37)16-9-15(10-16)3-6-22-35-19-5-4-17(11-20(19)36-22)42-28(29,30)31/h4-5,7-8,11,13-16,21,23-24,27,39-40H,3,6,9-10,12H2,1-2H3,(H,35,36)(H2,32,33,34)/p+1/t15?,16?,21-,23-,24-,27-/m1/s1. The third-order valence-electron chi connectivity index (χ3n) is 8.47. The molecular weight excluding hydrogens is 555 g/mol. The van der Waals surface area contributed by atoms with Crippen LogP contribution < -0.4 is 15.5 Å². The molecule has 6 N–H and O–H groups in total. The van der Waals surface area contributed by atoms with Gasteiger partial charge in [-0.1, -0.05) is 4.98 Å². The zero-order chi connectivity index (χ0) is 29.8. The molecular formula is C28H35F3N7O4+. The Balaban J connectivity index is 1.04. The van der Waals surface area contributed by atoms with Gasteiger partial charge < -0.3 is 30.4 Å². The molecule has 1 saturated carbocycles. The minimum Gasteiger partial charge on any atom is -0.406 e. The predicted octanol–water partition coefficient (Wildman–Crippen LogP) is 2.95. The minimum absolute atomic E-state index is 0.207. The summed E-state index contributed by atoms with van der Waals surface area (Å²) < 4.78 is 49.6. The summed E-state index contributed by atoms with van der Waals surface area (Å²) in [5.41, 5.74) is 7.73. The number of imidazole rings is 1. The van der Waals surface area contributed by atoms with Gasteiger partial charge >= 0.3 is 6.36 Å². The lowest BCUT2D eigenvalue weighted by Gasteiger charge is -2.46. The number of fused-ring (bicyclic) bond motifs is 2. The zero-order valence-corrected chi connectivity index (χ0v) is 23.3. The normalized spacial score (nSPS) is 26.5. The van der Waals surface area contributed by atoms with E-state index in [1.165, 1.54) is 24.5 Å². The van der Waals surface area contributed by atoms with Gasteiger partial charge in [0.05, 0.1) is 17.2 Å². The number of hydrogen-bond donors (Lipinski definition) is 4. The van der Waals surface area contributed by atoms with Crippen LogP contribution in [0.5, 0.6) is 5.75 Å². The molecule has 14 heteroatoms. The molecule has 3 aromatic heterocycles. The third-order valence-corrected chi connectivity index (χ3v) is 8.47. The second kappa shape index (κ2) is 11.0. The lowest BCUT2D eigenvalue weighted by molar-refractivity contribution is -0.355. The van der Waals surface area contributed by atoms with Crippen molar-refractivity contribution in [2.24, 2.45) is 5.92 Å². The van der Waals surface area contributed by atoms with Gasteiger partial charge in [-0.2, -0.15) is 0 Å². The maximum atomic E-state index is 12.5. The average Bonchev–Trinajstić information content (AvgIpc) is 3.58. The molecule has 226 valence electrons. The lowest BCUT2D eigenvalue weighted by atomic mass is 9.76. The monoisotopic (exact) mass is 590 g/mol. The minimum atomic E-state index is -4.74. The number of H-pyrrole nitrogens is 2. The number of aliphatic hydroxyl groups is 2. The maximum absolute atomic E-state index is 12.5. The SMILES string of the molecule is CC(C)N(C[C@H]1O[C@@H](n2ccc3c(N)nc[nH+]c32)[C@H](O)[C@@H]1O)C1CC(CCc2nc3ccc(OC(F)(F)F)cc3[nH]2)C1. The van der Waals surface area contributed by atoms with Crippen LogP contribution in [0.1, 0.15) is 45.2 Å². The fourth-order valence-corrected chi connectivity index (χ4v) is 6.26. The first-order valence-corrected chi connectivity index (χ1v) is 14.1. The molecule has 11 nitrogen and oxygen atoms in total. The molecule has 4 atom stereocenters. The van der Waals surface area contributed by atoms with Gasteiger partial charge in [0.2, 0.25) is 24.0 Å². The van der Waals surface area contributed by atoms with E-state index in [0.717, 1.165) is 25.1 Å². The number of hydrogen-bond acceptors (Lipinski definition) is 8. The molecule has 42 heavy (non-hydrogen) atoms. The molecule has 4 heterocycles. The predicted molar refractivity (Wildman–Crippen MR) is 146 cm³/mol. The van der Waals surface area contributed by atoms with Crippen molar-refractivity contribution in [1.29, 1.82) is 0 Å². The first kappa shape index (κ1) is 28.6. The van der Waals surface area contributed by atoms with Crippen LogP contribution in [-0.2, 0) is 11.2 Å². The number of nitrogens with two attached hydrogens (primary N) is 1. The van der Waals surface area contributed by atoms with Gasteiger partial charge in [-0.15, -0.1) is 13.2 Å². The summed E-state index contributed by atoms with van der Waals surface area (Å²) in [4.78, 5) is 17.1. The van der Waals surface area contributed by atoms with Crippen molar-refractivity contribution in [2.45, 2.75) is 82.5 Å². The molecule has 1 saturated heterocycles. The molecule has 6 rings (SSSR count). The molecule has 2 fully saturated rings. The van der Waals surface area contributed by atoms with E-state index in [0.29, 0.717) is 52.8 Å². The van der Waals surface area contributed by atoms with Gasteiger partial charge in [0, 0.05) is 31.1 Å². The highest BCUT2D eigenvalue weighted by atomic mass is 19.4. The van der Waals surface area contributed by atoms with Gasteiger partial charge in [-0.3, -0.25) is 4.90 Å². The van der Waals surface area contributed by atoms with Crippen LogP contribution >= 0.6 is 0 Å². The van der Waals surface area contributed by atoms with E-state index < -0.39 is 30.9 Å². The Morgan fingerprint density at radius 3 is 2.76 bits per heavy atom. The van der Waals surface area contributed by atoms with Crippen LogP contribution in [0.2, 0.25) is 0 Å². The number of nitrogen functional groups attached to an aromatic ring is 1. The molecule has 0 unspecified atom stereocenters. The van der Waals surface area contributed by atoms with Crippen molar-refractivity contribution in [3.63, 3.8) is 0 Å². The molecule has 0 bridgehead atoms. The van der Waals surface area contributed by atoms with Crippen molar-refractivity contribution in [2.75, 3.05) is 12.3 Å². The number of alkyl halides is 3. The average molecular weight is 591 g/mol. The van der Waals surface area contributed by atoms with Crippen molar-refractivity contribution in [3.8, 4) is 5.75 Å². The second-order valence-electron chi connectivity index (χ2n) is 11.6. The molecule has 0 amide bonds. The van der Waals surface area contributed by atoms with Crippen molar-refractivity contribution < 1.29 is 37.8 Å². The first-order chi connectivity index (χ1) is 20.0. The summed E-state index contributed by atoms with van der Waals surface area (Å²) >= 11 is 0. The molecule has 0 spiro atoms. The van der Waals surface area contributed by atoms with E-state index >= 15 is 0 Å². The fraction of sp³-hybridized carbons (Fsp3) is 0.536. The number of rotatable bonds is 9. The Bertz CT molecular complexity index is 1550. The van der Waals surface area contributed by atoms with Gasteiger partial charge in [-0.05, 0) is 57.2 Å². The van der Waals surface area contributed by atoms with E-state index in [4.69, 9.17) is 10.5 Å². The molecule has 0 radical (unpaired) electrons. The van der Waals surface area contributed by atoms with Crippen LogP contribution in [0.3, 0.4) is 0 Å². The van der Waals surface area contributed by atoms with E-state index in [1.54, 1.807) is 16.8 Å². The topological polar surface area (TPSA) is 149 Å². The van der Waals surface area contributed by atoms with E-state index in [2.05, 4.69) is 43.4 Å². The highest BCUT2D eigenvalue weighted by molar-refractivity contribution is 5.83. The Morgan fingerprint density at radius 2 is 2.02 bits per heavy atom. The first-order valence-electron chi connectivity index (χ1n) is 14.1. The number of aromatic nitrogens is 5. The number of ether oxygens (including phenoxy) is 2. The number of nitrogens with one attached hydrogen (secondary N) is 2. The summed E-state index contributed by atoms with van der Waals surface area (Å²) in [5.74, 6) is 1.29. The summed E-state index contributed by atoms with van der Waals surface area (Å²) in [7, 11) is 0. The van der Waals surface area contributed by atoms with E-state index in [9.17, 15) is 23.4 Å². The van der Waals surface area contributed by atoms with Gasteiger partial charge in [0.25, 0.3) is 0 Å². The highest BCUT2D eigenvalue weighted by Crippen LogP contribution is 2.38. The van der Waals surface area contributed by atoms with Crippen molar-refractivity contribution >= 4 is 27.9 Å². The van der Waals surface area contributed by atoms with Crippen LogP contribution in [0.15, 0.2) is 36.8 Å². The van der Waals surface area contributed by atoms with Crippen molar-refractivity contribution in [1.82, 2.24) is 24.4 Å². The number of halogens is 3. The number of nitrogens with zero attached hydrogens (tertiary/aromatic N) is 4. The lowest BCUT2D eigenvalue weighted by Crippen LogP contribution is -2.52. The Labute approximate surface area is 239 Å². The Morgan fingerprint density at radius 1 is 1.24 bits per heavy atom. The third kappa shape index (κ3) is 5.63. The van der Waals surface area contributed by atoms with Gasteiger partial charge in [0.15, 0.2) is 0 Å². The molecule has 2 aliphatic rings. The van der Waals surface area contributed by atoms with Gasteiger partial charge in [-0.25, -0.2) is 14.5 Å². The highest BCUT2D eigenvalue weighted by Gasteiger charge is 2.48. The van der Waals surface area contributed by atoms with Crippen LogP contribution in [0.4, 0.5) is 19.0 Å². The number of aromatic amines is 2. The molecule has 1 aromatic carbocycles. The number of aryl methyl sites for hydroxylation is 1. The molecule has 4 aromatic rings. The summed E-state index contributed by atoms with van der Waals surface area (Å²) in [5, 5.41) is 22.5. The van der Waals surface area contributed by atoms with Gasteiger partial charge in [0.1, 0.15) is 35.3 Å². The van der Waals surface area contributed by atoms with Crippen LogP contribution in [0.25, 0.3) is 22.1 Å². The fourth-order valence-electron chi connectivity index (χ4n) is 6.26. The Kier molecular flexibility index (Phi) is 7.50. The van der Waals surface area contributed by atoms with Crippen molar-refractivity contribution in [3.05, 3.63) is 42.6 Å². The quantitative estimate of drug-likeness (QED) is 0.233. The largest absolute Gasteiger partial charge is 0.573 e. The maximum Gasteiger partial charge on any atom is 0.573 e. The summed E-state index contributed by atoms with van der Waals surface area (Å²) in [6.07, 6.45) is -1.50. The number of benzene rings is 1. The smallest absolute Gasteiger partial charge is 0.406 e. The van der Waals surface area contributed by atoms with E-state index in [1.807, 2.05) is 0 Å². The molecule has 1 aliphatic heterocycles. The van der Waals surface area contributed by atoms with Crippen LogP contribution in [-0.4, -0.2) is 77.9 Å². The number of aliphatic hydroxyl groups excluding tert-OH is 2. The Hall–Kier alpha value is -3.46. The van der Waals surface area contributed by atoms with Crippen LogP contribution in [0, 0.1) is 5.92 Å². The second-order valence-corrected chi connectivity index (χ2v) is 11.6. The summed E-state index contributed by atoms with van der Waals surface area (Å²) in [6, 6.07) is 6.40. The summed E-state index contributed by atoms with van der Waals surface area (Å²) in [6.45, 7) is 4.69. The molecule has 1 aliphatic carbocycles. The van der Waals surface area contributed by atoms with E-state index in [-0.39, 0.29) is 11.8 Å². The zero-order valence-electron chi connectivity index (χ0n) is 23.3.